The van der Waals surface area contributed by atoms with Crippen LogP contribution in [0.5, 0.6) is 0 Å². The predicted octanol–water partition coefficient (Wildman–Crippen LogP) is 2.30. The van der Waals surface area contributed by atoms with Crippen molar-refractivity contribution in [1.82, 2.24) is 20.5 Å². The van der Waals surface area contributed by atoms with Crippen molar-refractivity contribution in [2.24, 2.45) is 0 Å². The van der Waals surface area contributed by atoms with Gasteiger partial charge in [0.25, 0.3) is 0 Å². The van der Waals surface area contributed by atoms with E-state index in [-0.39, 0.29) is 0 Å². The van der Waals surface area contributed by atoms with Crippen molar-refractivity contribution >= 4 is 0 Å². The number of hydrogen-bond acceptors (Lipinski definition) is 4. The summed E-state index contributed by atoms with van der Waals surface area (Å²) in [6, 6.07) is 2.42. The Kier molecular flexibility index (Phi) is 4.15. The Morgan fingerprint density at radius 2 is 2.28 bits per heavy atom. The molecule has 0 amide bonds. The Balaban J connectivity index is 1.75. The Morgan fingerprint density at radius 1 is 1.44 bits per heavy atom. The molecule has 1 unspecified atom stereocenters. The molecular formula is C13H20N4O. The van der Waals surface area contributed by atoms with E-state index in [1.807, 2.05) is 13.8 Å². The van der Waals surface area contributed by atoms with Gasteiger partial charge in [-0.2, -0.15) is 5.10 Å². The largest absolute Gasteiger partial charge is 0.466 e. The number of nitrogens with zero attached hydrogens (tertiary/aromatic N) is 2. The lowest BCUT2D eigenvalue weighted by molar-refractivity contribution is 0.488. The first-order valence-corrected chi connectivity index (χ1v) is 6.31. The van der Waals surface area contributed by atoms with Gasteiger partial charge in [-0.05, 0) is 39.8 Å². The van der Waals surface area contributed by atoms with Gasteiger partial charge in [0.2, 0.25) is 0 Å². The van der Waals surface area contributed by atoms with Crippen LogP contribution in [0.1, 0.15) is 42.3 Å². The van der Waals surface area contributed by atoms with Crippen LogP contribution >= 0.6 is 0 Å². The molecule has 2 rings (SSSR count). The normalized spacial score (nSPS) is 12.8. The molecule has 0 spiro atoms. The van der Waals surface area contributed by atoms with Gasteiger partial charge in [0.05, 0.1) is 0 Å². The van der Waals surface area contributed by atoms with Gasteiger partial charge in [-0.15, -0.1) is 0 Å². The minimum absolute atomic E-state index is 0.317. The fourth-order valence-electron chi connectivity index (χ4n) is 2.12. The SMILES string of the molecule is Cc1cc(C(C)NCCCc2ncn[nH]2)c(C)o1. The van der Waals surface area contributed by atoms with Gasteiger partial charge in [0.15, 0.2) is 0 Å². The van der Waals surface area contributed by atoms with Crippen LogP contribution in [-0.2, 0) is 6.42 Å². The number of aryl methyl sites for hydroxylation is 3. The van der Waals surface area contributed by atoms with E-state index in [2.05, 4.69) is 33.5 Å². The molecule has 2 aromatic rings. The van der Waals surface area contributed by atoms with Crippen LogP contribution in [0.4, 0.5) is 0 Å². The molecule has 0 fully saturated rings. The lowest BCUT2D eigenvalue weighted by Crippen LogP contribution is -2.20. The predicted molar refractivity (Wildman–Crippen MR) is 69.3 cm³/mol. The van der Waals surface area contributed by atoms with E-state index in [0.717, 1.165) is 36.7 Å². The maximum absolute atomic E-state index is 5.54. The van der Waals surface area contributed by atoms with Gasteiger partial charge >= 0.3 is 0 Å². The number of aromatic nitrogens is 3. The summed E-state index contributed by atoms with van der Waals surface area (Å²) in [6.45, 7) is 7.10. The van der Waals surface area contributed by atoms with Crippen LogP contribution < -0.4 is 5.32 Å². The van der Waals surface area contributed by atoms with Crippen LogP contribution in [0.3, 0.4) is 0 Å². The van der Waals surface area contributed by atoms with E-state index >= 15 is 0 Å². The second-order valence-corrected chi connectivity index (χ2v) is 4.58. The van der Waals surface area contributed by atoms with Gasteiger partial charge in [-0.1, -0.05) is 0 Å². The number of furan rings is 1. The molecule has 0 aliphatic carbocycles. The zero-order chi connectivity index (χ0) is 13.0. The zero-order valence-corrected chi connectivity index (χ0v) is 11.2. The highest BCUT2D eigenvalue weighted by molar-refractivity contribution is 5.23. The summed E-state index contributed by atoms with van der Waals surface area (Å²) >= 11 is 0. The lowest BCUT2D eigenvalue weighted by Gasteiger charge is -2.12. The summed E-state index contributed by atoms with van der Waals surface area (Å²) in [5.41, 5.74) is 1.24. The molecule has 0 aliphatic heterocycles. The van der Waals surface area contributed by atoms with Gasteiger partial charge < -0.3 is 9.73 Å². The molecule has 1 atom stereocenters. The van der Waals surface area contributed by atoms with Crippen molar-refractivity contribution in [1.29, 1.82) is 0 Å². The van der Waals surface area contributed by atoms with E-state index in [4.69, 9.17) is 4.42 Å². The molecule has 2 heterocycles. The summed E-state index contributed by atoms with van der Waals surface area (Å²) < 4.78 is 5.54. The summed E-state index contributed by atoms with van der Waals surface area (Å²) in [4.78, 5) is 4.10. The Bertz CT molecular complexity index is 475. The number of H-pyrrole nitrogens is 1. The van der Waals surface area contributed by atoms with Crippen LogP contribution in [0.2, 0.25) is 0 Å². The number of rotatable bonds is 6. The topological polar surface area (TPSA) is 66.7 Å². The second kappa shape index (κ2) is 5.82. The average molecular weight is 248 g/mol. The molecule has 0 saturated carbocycles. The van der Waals surface area contributed by atoms with Gasteiger partial charge in [-0.25, -0.2) is 4.98 Å². The van der Waals surface area contributed by atoms with E-state index in [0.29, 0.717) is 6.04 Å². The van der Waals surface area contributed by atoms with E-state index in [1.165, 1.54) is 5.56 Å². The monoisotopic (exact) mass is 248 g/mol. The molecular weight excluding hydrogens is 228 g/mol. The molecule has 5 nitrogen and oxygen atoms in total. The first kappa shape index (κ1) is 12.8. The molecule has 2 aromatic heterocycles. The molecule has 2 N–H and O–H groups in total. The van der Waals surface area contributed by atoms with Crippen molar-refractivity contribution in [2.45, 2.75) is 39.7 Å². The summed E-state index contributed by atoms with van der Waals surface area (Å²) in [7, 11) is 0. The molecule has 98 valence electrons. The number of aromatic amines is 1. The van der Waals surface area contributed by atoms with Crippen LogP contribution in [0, 0.1) is 13.8 Å². The maximum Gasteiger partial charge on any atom is 0.137 e. The fourth-order valence-corrected chi connectivity index (χ4v) is 2.12. The van der Waals surface area contributed by atoms with E-state index in [9.17, 15) is 0 Å². The summed E-state index contributed by atoms with van der Waals surface area (Å²) in [5.74, 6) is 2.92. The minimum atomic E-state index is 0.317. The molecule has 0 aliphatic rings. The smallest absolute Gasteiger partial charge is 0.137 e. The number of hydrogen-bond donors (Lipinski definition) is 2. The van der Waals surface area contributed by atoms with Crippen molar-refractivity contribution in [3.8, 4) is 0 Å². The molecule has 5 heteroatoms. The molecule has 0 saturated heterocycles. The quantitative estimate of drug-likeness (QED) is 0.770. The lowest BCUT2D eigenvalue weighted by atomic mass is 10.1. The Morgan fingerprint density at radius 3 is 2.89 bits per heavy atom. The van der Waals surface area contributed by atoms with Gasteiger partial charge in [-0.3, -0.25) is 5.10 Å². The second-order valence-electron chi connectivity index (χ2n) is 4.58. The molecule has 0 radical (unpaired) electrons. The van der Waals surface area contributed by atoms with Crippen LogP contribution in [0.15, 0.2) is 16.8 Å². The highest BCUT2D eigenvalue weighted by Crippen LogP contribution is 2.20. The van der Waals surface area contributed by atoms with Crippen molar-refractivity contribution in [3.05, 3.63) is 35.3 Å². The highest BCUT2D eigenvalue weighted by Gasteiger charge is 2.11. The Labute approximate surface area is 107 Å². The summed E-state index contributed by atoms with van der Waals surface area (Å²) in [5, 5.41) is 10.2. The number of nitrogens with one attached hydrogen (secondary N) is 2. The van der Waals surface area contributed by atoms with E-state index < -0.39 is 0 Å². The minimum Gasteiger partial charge on any atom is -0.466 e. The van der Waals surface area contributed by atoms with Gasteiger partial charge in [0.1, 0.15) is 23.7 Å². The van der Waals surface area contributed by atoms with E-state index in [1.54, 1.807) is 6.33 Å². The maximum atomic E-state index is 5.54. The van der Waals surface area contributed by atoms with Crippen LogP contribution in [0.25, 0.3) is 0 Å². The molecule has 0 aromatic carbocycles. The average Bonchev–Trinajstić information content (AvgIpc) is 2.94. The van der Waals surface area contributed by atoms with Crippen molar-refractivity contribution < 1.29 is 4.42 Å². The third-order valence-corrected chi connectivity index (χ3v) is 3.05. The van der Waals surface area contributed by atoms with Crippen LogP contribution in [-0.4, -0.2) is 21.7 Å². The third kappa shape index (κ3) is 3.20. The summed E-state index contributed by atoms with van der Waals surface area (Å²) in [6.07, 6.45) is 3.50. The first-order chi connectivity index (χ1) is 8.66. The van der Waals surface area contributed by atoms with Gasteiger partial charge in [0, 0.05) is 18.0 Å². The van der Waals surface area contributed by atoms with Crippen molar-refractivity contribution in [2.75, 3.05) is 6.54 Å². The zero-order valence-electron chi connectivity index (χ0n) is 11.2. The fraction of sp³-hybridized carbons (Fsp3) is 0.538. The third-order valence-electron chi connectivity index (χ3n) is 3.05. The highest BCUT2D eigenvalue weighted by atomic mass is 16.3. The first-order valence-electron chi connectivity index (χ1n) is 6.31. The van der Waals surface area contributed by atoms with Crippen molar-refractivity contribution in [3.63, 3.8) is 0 Å². The standard InChI is InChI=1S/C13H20N4O/c1-9-7-12(11(3)18-9)10(2)14-6-4-5-13-15-8-16-17-13/h7-8,10,14H,4-6H2,1-3H3,(H,15,16,17). The molecule has 0 bridgehead atoms. The Hall–Kier alpha value is -1.62. The molecule has 18 heavy (non-hydrogen) atoms.